The summed E-state index contributed by atoms with van der Waals surface area (Å²) in [4.78, 5) is 17.9. The second-order valence-corrected chi connectivity index (χ2v) is 9.11. The van der Waals surface area contributed by atoms with Crippen LogP contribution in [0.5, 0.6) is 5.75 Å². The Morgan fingerprint density at radius 3 is 2.79 bits per heavy atom. The molecule has 0 saturated carbocycles. The molecule has 0 aliphatic rings. The highest BCUT2D eigenvalue weighted by molar-refractivity contribution is 9.10. The van der Waals surface area contributed by atoms with Gasteiger partial charge in [0, 0.05) is 21.5 Å². The summed E-state index contributed by atoms with van der Waals surface area (Å²) >= 11 is 9.67. The van der Waals surface area contributed by atoms with Crippen LogP contribution in [0.3, 0.4) is 0 Å². The molecular weight excluding hydrogens is 502 g/mol. The number of hydrogen-bond donors (Lipinski definition) is 0. The molecule has 0 saturated heterocycles. The molecule has 168 valence electrons. The normalized spacial score (nSPS) is 11.4. The number of ether oxygens (including phenoxy) is 1. The lowest BCUT2D eigenvalue weighted by molar-refractivity contribution is 0.305. The van der Waals surface area contributed by atoms with Crippen molar-refractivity contribution in [3.8, 4) is 5.75 Å². The van der Waals surface area contributed by atoms with Crippen molar-refractivity contribution in [1.29, 1.82) is 0 Å². The van der Waals surface area contributed by atoms with Gasteiger partial charge in [0.2, 0.25) is 0 Å². The second-order valence-electron chi connectivity index (χ2n) is 7.76. The van der Waals surface area contributed by atoms with Crippen LogP contribution in [-0.2, 0) is 13.0 Å². The molecule has 5 nitrogen and oxygen atoms in total. The molecular formula is C26H23BrClN3O2. The first kappa shape index (κ1) is 23.2. The Labute approximate surface area is 205 Å². The number of rotatable bonds is 7. The quantitative estimate of drug-likeness (QED) is 0.258. The third-order valence-corrected chi connectivity index (χ3v) is 5.84. The van der Waals surface area contributed by atoms with Crippen molar-refractivity contribution in [2.24, 2.45) is 5.10 Å². The molecule has 0 bridgehead atoms. The molecule has 0 spiro atoms. The zero-order valence-corrected chi connectivity index (χ0v) is 20.7. The summed E-state index contributed by atoms with van der Waals surface area (Å²) in [6.07, 6.45) is 3.07. The Bertz CT molecular complexity index is 1400. The number of halogens is 2. The van der Waals surface area contributed by atoms with E-state index in [2.05, 4.69) is 32.1 Å². The minimum atomic E-state index is -0.217. The molecule has 3 aromatic carbocycles. The lowest BCUT2D eigenvalue weighted by atomic mass is 10.1. The molecule has 4 rings (SSSR count). The Kier molecular flexibility index (Phi) is 7.26. The maximum absolute atomic E-state index is 13.2. The van der Waals surface area contributed by atoms with Crippen LogP contribution in [0.4, 0.5) is 0 Å². The predicted molar refractivity (Wildman–Crippen MR) is 138 cm³/mol. The van der Waals surface area contributed by atoms with Crippen LogP contribution in [0, 0.1) is 6.92 Å². The van der Waals surface area contributed by atoms with E-state index in [0.29, 0.717) is 46.1 Å². The van der Waals surface area contributed by atoms with Crippen LogP contribution in [0.2, 0.25) is 5.02 Å². The number of aryl methyl sites for hydroxylation is 2. The molecule has 7 heteroatoms. The van der Waals surface area contributed by atoms with Gasteiger partial charge in [-0.15, -0.1) is 0 Å². The van der Waals surface area contributed by atoms with E-state index >= 15 is 0 Å². The molecule has 0 atom stereocenters. The van der Waals surface area contributed by atoms with Gasteiger partial charge in [0.25, 0.3) is 5.56 Å². The molecule has 0 aliphatic heterocycles. The van der Waals surface area contributed by atoms with Crippen LogP contribution >= 0.6 is 27.5 Å². The topological polar surface area (TPSA) is 56.5 Å². The van der Waals surface area contributed by atoms with Gasteiger partial charge < -0.3 is 4.74 Å². The average molecular weight is 525 g/mol. The second kappa shape index (κ2) is 10.3. The number of nitrogens with zero attached hydrogens (tertiary/aromatic N) is 3. The number of benzene rings is 3. The number of fused-ring (bicyclic) bond motifs is 1. The van der Waals surface area contributed by atoms with E-state index < -0.39 is 0 Å². The van der Waals surface area contributed by atoms with E-state index in [4.69, 9.17) is 16.3 Å². The van der Waals surface area contributed by atoms with E-state index in [1.807, 2.05) is 50.2 Å². The van der Waals surface area contributed by atoms with Crippen molar-refractivity contribution in [1.82, 2.24) is 9.66 Å². The number of aromatic nitrogens is 2. The number of hydrogen-bond acceptors (Lipinski definition) is 4. The molecule has 0 aliphatic carbocycles. The Morgan fingerprint density at radius 1 is 1.15 bits per heavy atom. The third kappa shape index (κ3) is 5.52. The molecule has 1 aromatic heterocycles. The minimum absolute atomic E-state index is 0.217. The first-order valence-electron chi connectivity index (χ1n) is 10.7. The van der Waals surface area contributed by atoms with Gasteiger partial charge in [-0.2, -0.15) is 9.78 Å². The maximum atomic E-state index is 13.2. The Morgan fingerprint density at radius 2 is 2.00 bits per heavy atom. The zero-order chi connectivity index (χ0) is 23.4. The fourth-order valence-corrected chi connectivity index (χ4v) is 4.08. The average Bonchev–Trinajstić information content (AvgIpc) is 2.79. The summed E-state index contributed by atoms with van der Waals surface area (Å²) < 4.78 is 8.24. The lowest BCUT2D eigenvalue weighted by Gasteiger charge is -2.11. The summed E-state index contributed by atoms with van der Waals surface area (Å²) in [7, 11) is 0. The van der Waals surface area contributed by atoms with E-state index in [-0.39, 0.29) is 5.56 Å². The molecule has 0 radical (unpaired) electrons. The van der Waals surface area contributed by atoms with Crippen molar-refractivity contribution in [3.63, 3.8) is 0 Å². The van der Waals surface area contributed by atoms with Crippen molar-refractivity contribution < 1.29 is 4.74 Å². The summed E-state index contributed by atoms with van der Waals surface area (Å²) in [6, 6.07) is 19.0. The van der Waals surface area contributed by atoms with Gasteiger partial charge in [-0.25, -0.2) is 4.98 Å². The highest BCUT2D eigenvalue weighted by Gasteiger charge is 2.11. The fraction of sp³-hybridized carbons (Fsp3) is 0.192. The maximum Gasteiger partial charge on any atom is 0.282 e. The van der Waals surface area contributed by atoms with Crippen molar-refractivity contribution in [3.05, 3.63) is 103 Å². The largest absolute Gasteiger partial charge is 0.488 e. The third-order valence-electron chi connectivity index (χ3n) is 5.11. The zero-order valence-electron chi connectivity index (χ0n) is 18.4. The first-order valence-corrected chi connectivity index (χ1v) is 11.8. The molecule has 0 fully saturated rings. The van der Waals surface area contributed by atoms with Gasteiger partial charge in [-0.05, 0) is 55.3 Å². The highest BCUT2D eigenvalue weighted by atomic mass is 79.9. The van der Waals surface area contributed by atoms with Crippen LogP contribution in [0.15, 0.2) is 75.0 Å². The van der Waals surface area contributed by atoms with Crippen LogP contribution < -0.4 is 10.3 Å². The van der Waals surface area contributed by atoms with Crippen LogP contribution in [-0.4, -0.2) is 15.9 Å². The summed E-state index contributed by atoms with van der Waals surface area (Å²) in [6.45, 7) is 4.50. The minimum Gasteiger partial charge on any atom is -0.488 e. The lowest BCUT2D eigenvalue weighted by Crippen LogP contribution is -2.22. The molecule has 4 aromatic rings. The van der Waals surface area contributed by atoms with Gasteiger partial charge in [0.15, 0.2) is 0 Å². The van der Waals surface area contributed by atoms with Crippen LogP contribution in [0.1, 0.15) is 35.9 Å². The molecule has 0 N–H and O–H groups in total. The van der Waals surface area contributed by atoms with Gasteiger partial charge in [-0.1, -0.05) is 64.3 Å². The summed E-state index contributed by atoms with van der Waals surface area (Å²) in [5.41, 5.74) is 3.36. The van der Waals surface area contributed by atoms with Crippen molar-refractivity contribution >= 4 is 44.6 Å². The molecule has 1 heterocycles. The molecule has 33 heavy (non-hydrogen) atoms. The molecule has 0 unspecified atom stereocenters. The van der Waals surface area contributed by atoms with Gasteiger partial charge >= 0.3 is 0 Å². The van der Waals surface area contributed by atoms with E-state index in [1.54, 1.807) is 24.4 Å². The standard InChI is InChI=1S/C26H23BrClN3O2/c1-3-5-25-30-23-10-8-20(27)14-22(23)26(32)31(25)29-15-19-13-21(28)9-11-24(19)33-16-18-7-4-6-17(2)12-18/h4,6-15H,3,5,16H2,1-2H3. The Hall–Kier alpha value is -2.96. The first-order chi connectivity index (χ1) is 15.9. The molecule has 0 amide bonds. The van der Waals surface area contributed by atoms with Crippen molar-refractivity contribution in [2.45, 2.75) is 33.3 Å². The van der Waals surface area contributed by atoms with E-state index in [1.165, 1.54) is 10.2 Å². The van der Waals surface area contributed by atoms with Gasteiger partial charge in [0.1, 0.15) is 18.2 Å². The van der Waals surface area contributed by atoms with Gasteiger partial charge in [-0.3, -0.25) is 4.79 Å². The van der Waals surface area contributed by atoms with Crippen LogP contribution in [0.25, 0.3) is 10.9 Å². The fourth-order valence-electron chi connectivity index (χ4n) is 3.53. The van der Waals surface area contributed by atoms with E-state index in [9.17, 15) is 4.79 Å². The predicted octanol–water partition coefficient (Wildman–Crippen LogP) is 6.53. The monoisotopic (exact) mass is 523 g/mol. The van der Waals surface area contributed by atoms with Gasteiger partial charge in [0.05, 0.1) is 17.1 Å². The van der Waals surface area contributed by atoms with E-state index in [0.717, 1.165) is 16.5 Å². The SMILES string of the molecule is CCCc1nc2ccc(Br)cc2c(=O)n1N=Cc1cc(Cl)ccc1OCc1cccc(C)c1. The summed E-state index contributed by atoms with van der Waals surface area (Å²) in [5.74, 6) is 1.24. The van der Waals surface area contributed by atoms with Crippen molar-refractivity contribution in [2.75, 3.05) is 0 Å². The summed E-state index contributed by atoms with van der Waals surface area (Å²) in [5, 5.41) is 5.57. The smallest absolute Gasteiger partial charge is 0.282 e. The highest BCUT2D eigenvalue weighted by Crippen LogP contribution is 2.23. The Balaban J connectivity index is 1.71.